The molecule has 0 bridgehead atoms. The number of hydrogen-bond acceptors (Lipinski definition) is 3. The lowest BCUT2D eigenvalue weighted by Gasteiger charge is -2.17. The van der Waals surface area contributed by atoms with E-state index in [0.29, 0.717) is 23.1 Å². The van der Waals surface area contributed by atoms with Gasteiger partial charge in [0, 0.05) is 6.42 Å². The molecule has 4 heteroatoms. The minimum Gasteiger partial charge on any atom is -0.321 e. The second kappa shape index (κ2) is 6.07. The number of fused-ring (bicyclic) bond motifs is 1. The summed E-state index contributed by atoms with van der Waals surface area (Å²) in [5.74, 6) is 3.03. The zero-order chi connectivity index (χ0) is 16.4. The first-order valence-electron chi connectivity index (χ1n) is 7.40. The van der Waals surface area contributed by atoms with Gasteiger partial charge in [0.2, 0.25) is 0 Å². The summed E-state index contributed by atoms with van der Waals surface area (Å²) >= 11 is 0. The molecular formula is C19H17N3O. The van der Waals surface area contributed by atoms with Gasteiger partial charge in [-0.15, -0.1) is 12.3 Å². The highest BCUT2D eigenvalue weighted by Gasteiger charge is 2.18. The lowest BCUT2D eigenvalue weighted by atomic mass is 10.1. The zero-order valence-corrected chi connectivity index (χ0v) is 12.9. The Bertz CT molecular complexity index is 952. The van der Waals surface area contributed by atoms with Crippen molar-refractivity contribution in [3.63, 3.8) is 0 Å². The van der Waals surface area contributed by atoms with E-state index >= 15 is 0 Å². The molecule has 0 spiro atoms. The van der Waals surface area contributed by atoms with E-state index in [-0.39, 0.29) is 5.56 Å². The first kappa shape index (κ1) is 15.0. The molecule has 2 N–H and O–H groups in total. The third kappa shape index (κ3) is 2.63. The summed E-state index contributed by atoms with van der Waals surface area (Å²) in [6, 6.07) is 14.5. The highest BCUT2D eigenvalue weighted by atomic mass is 16.1. The van der Waals surface area contributed by atoms with Gasteiger partial charge in [0.15, 0.2) is 0 Å². The fourth-order valence-corrected chi connectivity index (χ4v) is 2.71. The van der Waals surface area contributed by atoms with Gasteiger partial charge in [-0.05, 0) is 30.7 Å². The number of terminal acetylenes is 1. The molecule has 23 heavy (non-hydrogen) atoms. The van der Waals surface area contributed by atoms with Crippen molar-refractivity contribution in [2.45, 2.75) is 19.4 Å². The van der Waals surface area contributed by atoms with Crippen LogP contribution in [-0.2, 0) is 0 Å². The van der Waals surface area contributed by atoms with Crippen LogP contribution in [0.25, 0.3) is 16.6 Å². The minimum atomic E-state index is -0.502. The molecule has 0 fully saturated rings. The number of aryl methyl sites for hydroxylation is 1. The largest absolute Gasteiger partial charge is 0.321 e. The molecule has 4 nitrogen and oxygen atoms in total. The number of aromatic nitrogens is 2. The second-order valence-corrected chi connectivity index (χ2v) is 5.43. The van der Waals surface area contributed by atoms with Crippen LogP contribution in [0.3, 0.4) is 0 Å². The van der Waals surface area contributed by atoms with E-state index in [1.165, 1.54) is 0 Å². The Kier molecular flexibility index (Phi) is 3.96. The molecule has 0 saturated heterocycles. The third-order valence-corrected chi connectivity index (χ3v) is 3.82. The van der Waals surface area contributed by atoms with E-state index < -0.39 is 6.04 Å². The Balaban J connectivity index is 2.41. The average molecular weight is 303 g/mol. The summed E-state index contributed by atoms with van der Waals surface area (Å²) in [6.07, 6.45) is 5.70. The molecule has 2 aromatic carbocycles. The van der Waals surface area contributed by atoms with Crippen molar-refractivity contribution in [3.8, 4) is 18.0 Å². The van der Waals surface area contributed by atoms with Gasteiger partial charge in [-0.25, -0.2) is 4.98 Å². The number of nitrogens with two attached hydrogens (primary N) is 1. The third-order valence-electron chi connectivity index (χ3n) is 3.82. The Morgan fingerprint density at radius 1 is 1.22 bits per heavy atom. The first-order valence-corrected chi connectivity index (χ1v) is 7.40. The quantitative estimate of drug-likeness (QED) is 0.757. The Morgan fingerprint density at radius 2 is 1.96 bits per heavy atom. The van der Waals surface area contributed by atoms with Gasteiger partial charge in [0.25, 0.3) is 5.56 Å². The number of hydrogen-bond donors (Lipinski definition) is 1. The van der Waals surface area contributed by atoms with Crippen molar-refractivity contribution in [1.82, 2.24) is 9.55 Å². The fraction of sp³-hybridized carbons (Fsp3) is 0.158. The maximum absolute atomic E-state index is 13.1. The Morgan fingerprint density at radius 3 is 2.65 bits per heavy atom. The van der Waals surface area contributed by atoms with Gasteiger partial charge >= 0.3 is 0 Å². The van der Waals surface area contributed by atoms with Crippen LogP contribution in [0.2, 0.25) is 0 Å². The smallest absolute Gasteiger partial charge is 0.266 e. The van der Waals surface area contributed by atoms with Gasteiger partial charge in [0.1, 0.15) is 5.82 Å². The van der Waals surface area contributed by atoms with Gasteiger partial charge in [-0.1, -0.05) is 30.3 Å². The van der Waals surface area contributed by atoms with Gasteiger partial charge < -0.3 is 5.73 Å². The maximum Gasteiger partial charge on any atom is 0.266 e. The highest BCUT2D eigenvalue weighted by Crippen LogP contribution is 2.20. The molecule has 1 aromatic heterocycles. The van der Waals surface area contributed by atoms with E-state index in [0.717, 1.165) is 11.3 Å². The summed E-state index contributed by atoms with van der Waals surface area (Å²) < 4.78 is 1.57. The van der Waals surface area contributed by atoms with Crippen LogP contribution in [0.15, 0.2) is 53.3 Å². The van der Waals surface area contributed by atoms with E-state index in [2.05, 4.69) is 10.9 Å². The molecule has 1 heterocycles. The fourth-order valence-electron chi connectivity index (χ4n) is 2.71. The van der Waals surface area contributed by atoms with E-state index in [4.69, 9.17) is 12.2 Å². The molecule has 114 valence electrons. The second-order valence-electron chi connectivity index (χ2n) is 5.43. The lowest BCUT2D eigenvalue weighted by Crippen LogP contribution is -2.28. The number of rotatable bonds is 3. The SMILES string of the molecule is C#CCC(N)c1nc2cccc(C)c2c(=O)n1-c1ccccc1. The van der Waals surface area contributed by atoms with Crippen molar-refractivity contribution < 1.29 is 0 Å². The van der Waals surface area contributed by atoms with Crippen LogP contribution in [0.4, 0.5) is 0 Å². The van der Waals surface area contributed by atoms with Crippen molar-refractivity contribution in [2.75, 3.05) is 0 Å². The van der Waals surface area contributed by atoms with Crippen molar-refractivity contribution in [2.24, 2.45) is 5.73 Å². The average Bonchev–Trinajstić information content (AvgIpc) is 2.55. The molecule has 0 aliphatic carbocycles. The predicted octanol–water partition coefficient (Wildman–Crippen LogP) is 2.72. The van der Waals surface area contributed by atoms with Crippen LogP contribution in [0.1, 0.15) is 23.9 Å². The molecule has 1 unspecified atom stereocenters. The number of nitrogens with zero attached hydrogens (tertiary/aromatic N) is 2. The first-order chi connectivity index (χ1) is 11.1. The molecule has 3 aromatic rings. The standard InChI is InChI=1S/C19H17N3O/c1-3-8-15(20)18-21-16-12-7-9-13(2)17(16)19(23)22(18)14-10-5-4-6-11-14/h1,4-7,9-12,15H,8,20H2,2H3. The normalized spacial score (nSPS) is 12.0. The van der Waals surface area contributed by atoms with Crippen molar-refractivity contribution in [3.05, 3.63) is 70.3 Å². The lowest BCUT2D eigenvalue weighted by molar-refractivity contribution is 0.658. The molecule has 0 saturated carbocycles. The molecular weight excluding hydrogens is 286 g/mol. The summed E-state index contributed by atoms with van der Waals surface area (Å²) in [6.45, 7) is 1.90. The number of para-hydroxylation sites is 1. The van der Waals surface area contributed by atoms with Crippen LogP contribution in [0, 0.1) is 19.3 Å². The summed E-state index contributed by atoms with van der Waals surface area (Å²) in [5.41, 5.74) is 8.32. The topological polar surface area (TPSA) is 60.9 Å². The number of benzene rings is 2. The van der Waals surface area contributed by atoms with E-state index in [1.807, 2.05) is 55.5 Å². The maximum atomic E-state index is 13.1. The molecule has 0 aliphatic rings. The summed E-state index contributed by atoms with van der Waals surface area (Å²) in [5, 5.41) is 0.605. The van der Waals surface area contributed by atoms with Crippen molar-refractivity contribution in [1.29, 1.82) is 0 Å². The van der Waals surface area contributed by atoms with E-state index in [1.54, 1.807) is 4.57 Å². The molecule has 3 rings (SSSR count). The van der Waals surface area contributed by atoms with E-state index in [9.17, 15) is 4.79 Å². The zero-order valence-electron chi connectivity index (χ0n) is 12.9. The summed E-state index contributed by atoms with van der Waals surface area (Å²) in [4.78, 5) is 17.7. The molecule has 1 atom stereocenters. The monoisotopic (exact) mass is 303 g/mol. The van der Waals surface area contributed by atoms with Crippen molar-refractivity contribution >= 4 is 10.9 Å². The highest BCUT2D eigenvalue weighted by molar-refractivity contribution is 5.81. The molecule has 0 radical (unpaired) electrons. The molecule has 0 aliphatic heterocycles. The summed E-state index contributed by atoms with van der Waals surface area (Å²) in [7, 11) is 0. The minimum absolute atomic E-state index is 0.123. The Labute approximate surface area is 134 Å². The van der Waals surface area contributed by atoms with Gasteiger partial charge in [-0.3, -0.25) is 9.36 Å². The van der Waals surface area contributed by atoms with Crippen LogP contribution in [0.5, 0.6) is 0 Å². The van der Waals surface area contributed by atoms with Crippen LogP contribution < -0.4 is 11.3 Å². The predicted molar refractivity (Wildman–Crippen MR) is 92.5 cm³/mol. The molecule has 0 amide bonds. The van der Waals surface area contributed by atoms with Gasteiger partial charge in [-0.2, -0.15) is 0 Å². The van der Waals surface area contributed by atoms with Gasteiger partial charge in [0.05, 0.1) is 22.6 Å². The Hall–Kier alpha value is -2.90. The van der Waals surface area contributed by atoms with Crippen LogP contribution in [-0.4, -0.2) is 9.55 Å². The van der Waals surface area contributed by atoms with Crippen LogP contribution >= 0.6 is 0 Å².